The lowest BCUT2D eigenvalue weighted by atomic mass is 9.88. The predicted octanol–water partition coefficient (Wildman–Crippen LogP) is 2.40. The van der Waals surface area contributed by atoms with Crippen molar-refractivity contribution in [3.63, 3.8) is 0 Å². The summed E-state index contributed by atoms with van der Waals surface area (Å²) in [5.41, 5.74) is 3.61. The van der Waals surface area contributed by atoms with Gasteiger partial charge in [-0.25, -0.2) is 0 Å². The summed E-state index contributed by atoms with van der Waals surface area (Å²) < 4.78 is 4.10. The van der Waals surface area contributed by atoms with Crippen LogP contribution in [0.1, 0.15) is 49.3 Å². The summed E-state index contributed by atoms with van der Waals surface area (Å²) in [7, 11) is 0. The number of aryl methyl sites for hydroxylation is 1. The lowest BCUT2D eigenvalue weighted by molar-refractivity contribution is 0.274. The topological polar surface area (TPSA) is 47.2 Å². The van der Waals surface area contributed by atoms with Gasteiger partial charge in [-0.15, -0.1) is 0 Å². The predicted molar refractivity (Wildman–Crippen MR) is 82.8 cm³/mol. The van der Waals surface area contributed by atoms with Crippen molar-refractivity contribution in [1.29, 1.82) is 0 Å². The molecule has 0 bridgehead atoms. The Morgan fingerprint density at radius 3 is 2.57 bits per heavy atom. The molecule has 2 aromatic heterocycles. The number of aliphatic hydroxyl groups is 1. The van der Waals surface area contributed by atoms with Gasteiger partial charge in [0.25, 0.3) is 5.56 Å². The van der Waals surface area contributed by atoms with Crippen molar-refractivity contribution in [3.05, 3.63) is 33.7 Å². The molecule has 1 saturated carbocycles. The van der Waals surface area contributed by atoms with E-state index in [9.17, 15) is 9.90 Å². The van der Waals surface area contributed by atoms with Gasteiger partial charge in [0.15, 0.2) is 0 Å². The summed E-state index contributed by atoms with van der Waals surface area (Å²) in [4.78, 5) is 13.0. The fourth-order valence-electron chi connectivity index (χ4n) is 3.92. The van der Waals surface area contributed by atoms with E-state index < -0.39 is 0 Å². The standard InChI is InChI=1S/C17H22N2O2/c20-11-10-18-9-8-14-13-6-1-2-7-15(13)17(21)19(16(14)18)12-4-3-5-12/h8-9,12,20H,1-7,10-11H2. The summed E-state index contributed by atoms with van der Waals surface area (Å²) in [6.45, 7) is 0.675. The summed E-state index contributed by atoms with van der Waals surface area (Å²) in [6.07, 6.45) is 9.74. The minimum absolute atomic E-state index is 0.111. The minimum Gasteiger partial charge on any atom is -0.395 e. The van der Waals surface area contributed by atoms with Crippen molar-refractivity contribution in [2.45, 2.75) is 57.5 Å². The normalized spacial score (nSPS) is 18.7. The van der Waals surface area contributed by atoms with E-state index in [0.29, 0.717) is 12.6 Å². The van der Waals surface area contributed by atoms with Crippen LogP contribution in [-0.4, -0.2) is 20.8 Å². The number of pyridine rings is 1. The monoisotopic (exact) mass is 286 g/mol. The zero-order chi connectivity index (χ0) is 14.4. The molecular weight excluding hydrogens is 264 g/mol. The van der Waals surface area contributed by atoms with Crippen LogP contribution < -0.4 is 5.56 Å². The Labute approximate surface area is 124 Å². The first-order valence-corrected chi connectivity index (χ1v) is 8.17. The van der Waals surface area contributed by atoms with E-state index in [1.54, 1.807) is 0 Å². The van der Waals surface area contributed by atoms with Gasteiger partial charge in [-0.3, -0.25) is 9.36 Å². The van der Waals surface area contributed by atoms with E-state index >= 15 is 0 Å². The second-order valence-corrected chi connectivity index (χ2v) is 6.39. The van der Waals surface area contributed by atoms with Gasteiger partial charge in [0.1, 0.15) is 5.65 Å². The summed E-state index contributed by atoms with van der Waals surface area (Å²) in [5, 5.41) is 10.5. The van der Waals surface area contributed by atoms with Crippen LogP contribution in [0.15, 0.2) is 17.1 Å². The van der Waals surface area contributed by atoms with Crippen LogP contribution in [0.2, 0.25) is 0 Å². The number of hydrogen-bond acceptors (Lipinski definition) is 2. The van der Waals surface area contributed by atoms with Gasteiger partial charge in [-0.1, -0.05) is 0 Å². The molecule has 112 valence electrons. The van der Waals surface area contributed by atoms with Crippen LogP contribution >= 0.6 is 0 Å². The molecule has 0 atom stereocenters. The van der Waals surface area contributed by atoms with E-state index in [1.807, 2.05) is 10.8 Å². The Morgan fingerprint density at radius 2 is 1.90 bits per heavy atom. The fourth-order valence-corrected chi connectivity index (χ4v) is 3.92. The van der Waals surface area contributed by atoms with Crippen molar-refractivity contribution in [3.8, 4) is 0 Å². The molecule has 0 radical (unpaired) electrons. The number of aliphatic hydroxyl groups excluding tert-OH is 1. The van der Waals surface area contributed by atoms with Crippen LogP contribution in [0.4, 0.5) is 0 Å². The molecule has 0 aliphatic heterocycles. The van der Waals surface area contributed by atoms with Gasteiger partial charge >= 0.3 is 0 Å². The summed E-state index contributed by atoms with van der Waals surface area (Å²) in [5.74, 6) is 0. The van der Waals surface area contributed by atoms with Gasteiger partial charge in [0, 0.05) is 29.7 Å². The molecule has 1 N–H and O–H groups in total. The maximum atomic E-state index is 13.0. The third kappa shape index (κ3) is 1.89. The van der Waals surface area contributed by atoms with Crippen molar-refractivity contribution in [2.24, 2.45) is 0 Å². The molecule has 1 fully saturated rings. The van der Waals surface area contributed by atoms with Crippen molar-refractivity contribution >= 4 is 11.0 Å². The van der Waals surface area contributed by atoms with Crippen LogP contribution in [0.25, 0.3) is 11.0 Å². The van der Waals surface area contributed by atoms with E-state index in [2.05, 4.69) is 10.6 Å². The van der Waals surface area contributed by atoms with Gasteiger partial charge < -0.3 is 9.67 Å². The maximum Gasteiger partial charge on any atom is 0.255 e. The Hall–Kier alpha value is -1.55. The first-order valence-electron chi connectivity index (χ1n) is 8.17. The summed E-state index contributed by atoms with van der Waals surface area (Å²) >= 11 is 0. The van der Waals surface area contributed by atoms with E-state index in [0.717, 1.165) is 43.3 Å². The molecule has 2 aliphatic carbocycles. The Morgan fingerprint density at radius 1 is 1.14 bits per heavy atom. The first-order chi connectivity index (χ1) is 10.3. The van der Waals surface area contributed by atoms with Crippen LogP contribution in [0.3, 0.4) is 0 Å². The third-order valence-electron chi connectivity index (χ3n) is 5.21. The molecule has 0 amide bonds. The van der Waals surface area contributed by atoms with Gasteiger partial charge in [-0.05, 0) is 56.6 Å². The Kier molecular flexibility index (Phi) is 3.14. The fraction of sp³-hybridized carbons (Fsp3) is 0.588. The molecular formula is C17H22N2O2. The van der Waals surface area contributed by atoms with Gasteiger partial charge in [-0.2, -0.15) is 0 Å². The van der Waals surface area contributed by atoms with Crippen molar-refractivity contribution in [1.82, 2.24) is 9.13 Å². The van der Waals surface area contributed by atoms with E-state index in [1.165, 1.54) is 23.8 Å². The number of nitrogens with zero attached hydrogens (tertiary/aromatic N) is 2. The smallest absolute Gasteiger partial charge is 0.255 e. The SMILES string of the molecule is O=c1c2c(c3ccn(CCO)c3n1C1CCC1)CCCC2. The molecule has 0 unspecified atom stereocenters. The molecule has 0 aromatic carbocycles. The molecule has 4 heteroatoms. The average molecular weight is 286 g/mol. The second kappa shape index (κ2) is 5.02. The zero-order valence-corrected chi connectivity index (χ0v) is 12.3. The quantitative estimate of drug-likeness (QED) is 0.942. The zero-order valence-electron chi connectivity index (χ0n) is 12.3. The molecule has 21 heavy (non-hydrogen) atoms. The second-order valence-electron chi connectivity index (χ2n) is 6.39. The molecule has 4 nitrogen and oxygen atoms in total. The average Bonchev–Trinajstić information content (AvgIpc) is 2.86. The lowest BCUT2D eigenvalue weighted by Gasteiger charge is -2.31. The number of aromatic nitrogens is 2. The Balaban J connectivity index is 2.04. The lowest BCUT2D eigenvalue weighted by Crippen LogP contribution is -2.34. The first kappa shape index (κ1) is 13.1. The van der Waals surface area contributed by atoms with Gasteiger partial charge in [0.05, 0.1) is 6.61 Å². The highest BCUT2D eigenvalue weighted by Crippen LogP contribution is 2.35. The minimum atomic E-state index is 0.111. The number of hydrogen-bond donors (Lipinski definition) is 1. The molecule has 2 aliphatic rings. The molecule has 2 heterocycles. The van der Waals surface area contributed by atoms with Crippen LogP contribution in [-0.2, 0) is 19.4 Å². The van der Waals surface area contributed by atoms with E-state index in [-0.39, 0.29) is 12.2 Å². The van der Waals surface area contributed by atoms with Gasteiger partial charge in [0.2, 0.25) is 0 Å². The number of fused-ring (bicyclic) bond motifs is 3. The van der Waals surface area contributed by atoms with Crippen molar-refractivity contribution < 1.29 is 5.11 Å². The largest absolute Gasteiger partial charge is 0.395 e. The maximum absolute atomic E-state index is 13.0. The van der Waals surface area contributed by atoms with E-state index in [4.69, 9.17) is 0 Å². The molecule has 0 saturated heterocycles. The molecule has 0 spiro atoms. The third-order valence-corrected chi connectivity index (χ3v) is 5.21. The number of rotatable bonds is 3. The highest BCUT2D eigenvalue weighted by molar-refractivity contribution is 5.82. The van der Waals surface area contributed by atoms with Crippen LogP contribution in [0.5, 0.6) is 0 Å². The van der Waals surface area contributed by atoms with Crippen LogP contribution in [0, 0.1) is 0 Å². The Bertz CT molecular complexity index is 737. The summed E-state index contributed by atoms with van der Waals surface area (Å²) in [6, 6.07) is 2.50. The molecule has 4 rings (SSSR count). The molecule has 2 aromatic rings. The highest BCUT2D eigenvalue weighted by Gasteiger charge is 2.28. The highest BCUT2D eigenvalue weighted by atomic mass is 16.3. The van der Waals surface area contributed by atoms with Crippen molar-refractivity contribution in [2.75, 3.05) is 6.61 Å².